The maximum Gasteiger partial charge on any atom is 0.267 e. The summed E-state index contributed by atoms with van der Waals surface area (Å²) in [5.74, 6) is 1.67. The van der Waals surface area contributed by atoms with E-state index in [1.54, 1.807) is 24.7 Å². The average molecular weight is 485 g/mol. The fourth-order valence-electron chi connectivity index (χ4n) is 4.22. The van der Waals surface area contributed by atoms with E-state index in [4.69, 9.17) is 4.74 Å². The van der Waals surface area contributed by atoms with Gasteiger partial charge in [-0.3, -0.25) is 14.0 Å². The minimum absolute atomic E-state index is 0.00429. The van der Waals surface area contributed by atoms with E-state index in [1.165, 1.54) is 11.8 Å². The summed E-state index contributed by atoms with van der Waals surface area (Å²) < 4.78 is 9.07. The fourth-order valence-corrected chi connectivity index (χ4v) is 5.14. The summed E-state index contributed by atoms with van der Waals surface area (Å²) in [7, 11) is 1.61. The Kier molecular flexibility index (Phi) is 5.90. The molecule has 0 unspecified atom stereocenters. The minimum atomic E-state index is -0.137. The SMILES string of the molecule is COc1ccc(C(C)=O)cc1CSc1nnc2n(-c3cccc(C)c3C)c(=O)c3ccccc3n12. The number of ketones is 1. The van der Waals surface area contributed by atoms with Gasteiger partial charge in [-0.05, 0) is 68.3 Å². The predicted molar refractivity (Wildman–Crippen MR) is 138 cm³/mol. The number of ether oxygens (including phenoxy) is 1. The molecule has 0 aliphatic carbocycles. The molecule has 2 heterocycles. The van der Waals surface area contributed by atoms with E-state index in [0.717, 1.165) is 27.9 Å². The number of Topliss-reactive ketones (excluding diaryl/α,β-unsaturated/α-hetero) is 1. The van der Waals surface area contributed by atoms with Crippen LogP contribution < -0.4 is 10.3 Å². The number of fused-ring (bicyclic) bond motifs is 3. The number of thioether (sulfide) groups is 1. The Morgan fingerprint density at radius 1 is 1.03 bits per heavy atom. The van der Waals surface area contributed by atoms with Gasteiger partial charge in [0.05, 0.1) is 23.7 Å². The normalized spacial score (nSPS) is 11.3. The lowest BCUT2D eigenvalue weighted by molar-refractivity contribution is 0.101. The molecular weight excluding hydrogens is 460 g/mol. The van der Waals surface area contributed by atoms with Crippen LogP contribution in [0.2, 0.25) is 0 Å². The smallest absolute Gasteiger partial charge is 0.267 e. The molecule has 8 heteroatoms. The van der Waals surface area contributed by atoms with Crippen LogP contribution in [0.25, 0.3) is 22.4 Å². The molecule has 7 nitrogen and oxygen atoms in total. The van der Waals surface area contributed by atoms with Crippen LogP contribution in [0, 0.1) is 13.8 Å². The predicted octanol–water partition coefficient (Wildman–Crippen LogP) is 5.15. The van der Waals surface area contributed by atoms with Gasteiger partial charge in [-0.25, -0.2) is 4.57 Å². The van der Waals surface area contributed by atoms with E-state index >= 15 is 0 Å². The molecule has 0 aliphatic rings. The molecular formula is C27H24N4O3S. The highest BCUT2D eigenvalue weighted by molar-refractivity contribution is 7.98. The number of hydrogen-bond acceptors (Lipinski definition) is 6. The molecule has 0 aliphatic heterocycles. The van der Waals surface area contributed by atoms with Gasteiger partial charge in [0, 0.05) is 16.9 Å². The second-order valence-electron chi connectivity index (χ2n) is 8.37. The van der Waals surface area contributed by atoms with E-state index in [2.05, 4.69) is 10.2 Å². The summed E-state index contributed by atoms with van der Waals surface area (Å²) >= 11 is 1.47. The van der Waals surface area contributed by atoms with Crippen molar-refractivity contribution >= 4 is 34.2 Å². The molecule has 0 bridgehead atoms. The van der Waals surface area contributed by atoms with Gasteiger partial charge >= 0.3 is 0 Å². The van der Waals surface area contributed by atoms with Crippen molar-refractivity contribution in [1.82, 2.24) is 19.2 Å². The Hall–Kier alpha value is -3.91. The molecule has 5 aromatic rings. The van der Waals surface area contributed by atoms with E-state index < -0.39 is 0 Å². The van der Waals surface area contributed by atoms with Crippen molar-refractivity contribution in [3.63, 3.8) is 0 Å². The van der Waals surface area contributed by atoms with E-state index in [9.17, 15) is 9.59 Å². The van der Waals surface area contributed by atoms with Gasteiger partial charge in [0.2, 0.25) is 5.78 Å². The number of para-hydroxylation sites is 1. The number of aryl methyl sites for hydroxylation is 1. The lowest BCUT2D eigenvalue weighted by Gasteiger charge is -2.14. The molecule has 2 aromatic heterocycles. The number of benzene rings is 3. The molecule has 0 saturated carbocycles. The molecule has 0 N–H and O–H groups in total. The van der Waals surface area contributed by atoms with Crippen LogP contribution in [0.3, 0.4) is 0 Å². The number of nitrogens with zero attached hydrogens (tertiary/aromatic N) is 4. The monoisotopic (exact) mass is 484 g/mol. The van der Waals surface area contributed by atoms with Gasteiger partial charge in [0.15, 0.2) is 10.9 Å². The van der Waals surface area contributed by atoms with Crippen LogP contribution in [0.15, 0.2) is 70.6 Å². The first-order valence-corrected chi connectivity index (χ1v) is 12.2. The number of carbonyl (C=O) groups excluding carboxylic acids is 1. The number of hydrogen-bond donors (Lipinski definition) is 0. The Bertz CT molecular complexity index is 1670. The molecule has 0 fully saturated rings. The van der Waals surface area contributed by atoms with E-state index in [1.807, 2.05) is 72.8 Å². The van der Waals surface area contributed by atoms with Gasteiger partial charge in [-0.15, -0.1) is 10.2 Å². The molecule has 0 radical (unpaired) electrons. The Labute approximate surface area is 206 Å². The van der Waals surface area contributed by atoms with E-state index in [0.29, 0.717) is 33.4 Å². The number of aromatic nitrogens is 4. The van der Waals surface area contributed by atoms with E-state index in [-0.39, 0.29) is 11.3 Å². The lowest BCUT2D eigenvalue weighted by Crippen LogP contribution is -2.22. The first-order chi connectivity index (χ1) is 16.9. The second kappa shape index (κ2) is 9.03. The Balaban J connectivity index is 1.69. The topological polar surface area (TPSA) is 78.5 Å². The van der Waals surface area contributed by atoms with Crippen molar-refractivity contribution in [2.45, 2.75) is 31.7 Å². The standard InChI is InChI=1S/C27H24N4O3S/c1-16-8-7-11-22(17(16)2)30-25(33)21-9-5-6-10-23(21)31-26(30)28-29-27(31)35-15-20-14-19(18(3)32)12-13-24(20)34-4/h5-14H,15H2,1-4H3. The van der Waals surface area contributed by atoms with Gasteiger partial charge in [-0.1, -0.05) is 36.0 Å². The van der Waals surface area contributed by atoms with Crippen molar-refractivity contribution in [1.29, 1.82) is 0 Å². The largest absolute Gasteiger partial charge is 0.496 e. The second-order valence-corrected chi connectivity index (χ2v) is 9.31. The van der Waals surface area contributed by atoms with Crippen LogP contribution in [-0.4, -0.2) is 32.1 Å². The highest BCUT2D eigenvalue weighted by Gasteiger charge is 2.20. The van der Waals surface area contributed by atoms with Crippen LogP contribution in [-0.2, 0) is 5.75 Å². The minimum Gasteiger partial charge on any atom is -0.496 e. The summed E-state index contributed by atoms with van der Waals surface area (Å²) in [6.07, 6.45) is 0. The Morgan fingerprint density at radius 2 is 1.83 bits per heavy atom. The van der Waals surface area contributed by atoms with Crippen LogP contribution in [0.5, 0.6) is 5.75 Å². The molecule has 35 heavy (non-hydrogen) atoms. The quantitative estimate of drug-likeness (QED) is 0.245. The maximum absolute atomic E-state index is 13.6. The molecule has 3 aromatic carbocycles. The zero-order chi connectivity index (χ0) is 24.7. The fraction of sp³-hybridized carbons (Fsp3) is 0.185. The van der Waals surface area contributed by atoms with Crippen LogP contribution in [0.1, 0.15) is 34.0 Å². The van der Waals surface area contributed by atoms with Crippen molar-refractivity contribution in [2.24, 2.45) is 0 Å². The number of methoxy groups -OCH3 is 1. The number of rotatable bonds is 6. The summed E-state index contributed by atoms with van der Waals surface area (Å²) in [5.41, 5.74) is 5.00. The zero-order valence-corrected chi connectivity index (χ0v) is 20.7. The van der Waals surface area contributed by atoms with Gasteiger partial charge in [-0.2, -0.15) is 0 Å². The first-order valence-electron chi connectivity index (χ1n) is 11.2. The van der Waals surface area contributed by atoms with Crippen molar-refractivity contribution < 1.29 is 9.53 Å². The summed E-state index contributed by atoms with van der Waals surface area (Å²) in [5, 5.41) is 10.1. The third-order valence-corrected chi connectivity index (χ3v) is 7.23. The molecule has 0 atom stereocenters. The summed E-state index contributed by atoms with van der Waals surface area (Å²) in [4.78, 5) is 25.5. The van der Waals surface area contributed by atoms with Crippen LogP contribution >= 0.6 is 11.8 Å². The first kappa shape index (κ1) is 22.9. The third-order valence-electron chi connectivity index (χ3n) is 6.26. The molecule has 5 rings (SSSR count). The zero-order valence-electron chi connectivity index (χ0n) is 19.9. The molecule has 0 amide bonds. The van der Waals surface area contributed by atoms with Crippen molar-refractivity contribution in [3.05, 3.63) is 93.3 Å². The van der Waals surface area contributed by atoms with Crippen molar-refractivity contribution in [3.8, 4) is 11.4 Å². The number of carbonyl (C=O) groups is 1. The summed E-state index contributed by atoms with van der Waals surface area (Å²) in [6, 6.07) is 18.8. The van der Waals surface area contributed by atoms with Gasteiger partial charge < -0.3 is 4.74 Å². The maximum atomic E-state index is 13.6. The Morgan fingerprint density at radius 3 is 2.60 bits per heavy atom. The summed E-state index contributed by atoms with van der Waals surface area (Å²) in [6.45, 7) is 5.57. The average Bonchev–Trinajstić information content (AvgIpc) is 3.29. The highest BCUT2D eigenvalue weighted by Crippen LogP contribution is 2.30. The van der Waals surface area contributed by atoms with Crippen molar-refractivity contribution in [2.75, 3.05) is 7.11 Å². The van der Waals surface area contributed by atoms with Crippen LogP contribution in [0.4, 0.5) is 0 Å². The third kappa shape index (κ3) is 3.89. The molecule has 0 saturated heterocycles. The highest BCUT2D eigenvalue weighted by atomic mass is 32.2. The van der Waals surface area contributed by atoms with Gasteiger partial charge in [0.25, 0.3) is 5.56 Å². The molecule has 0 spiro atoms. The lowest BCUT2D eigenvalue weighted by atomic mass is 10.1. The molecule has 176 valence electrons. The van der Waals surface area contributed by atoms with Gasteiger partial charge in [0.1, 0.15) is 5.75 Å².